The molecule has 0 fully saturated rings. The minimum Gasteiger partial charge on any atom is -0.497 e. The molecule has 0 saturated carbocycles. The van der Waals surface area contributed by atoms with Gasteiger partial charge in [0.15, 0.2) is 0 Å². The van der Waals surface area contributed by atoms with Gasteiger partial charge in [-0.2, -0.15) is 0 Å². The van der Waals surface area contributed by atoms with Gasteiger partial charge in [-0.15, -0.1) is 0 Å². The fourth-order valence-electron chi connectivity index (χ4n) is 1.16. The van der Waals surface area contributed by atoms with Crippen molar-refractivity contribution in [2.45, 2.75) is 6.42 Å². The zero-order valence-electron chi connectivity index (χ0n) is 9.12. The second-order valence-electron chi connectivity index (χ2n) is 2.90. The Hall–Kier alpha value is -1.64. The zero-order chi connectivity index (χ0) is 11.1. The van der Waals surface area contributed by atoms with Gasteiger partial charge in [0, 0.05) is 6.07 Å². The van der Waals surface area contributed by atoms with Crippen LogP contribution in [0.4, 0.5) is 5.69 Å². The average Bonchev–Trinajstić information content (AvgIpc) is 2.29. The number of benzene rings is 1. The second-order valence-corrected chi connectivity index (χ2v) is 2.90. The van der Waals surface area contributed by atoms with Gasteiger partial charge >= 0.3 is 0 Å². The third kappa shape index (κ3) is 3.20. The standard InChI is InChI=1S/C12H16NO2/c1-4-5-8-13-11-9-10(14-2)6-7-12(11)15-3/h5-9,13H,1,4H2,2-3H3/b8-5+. The quantitative estimate of drug-likeness (QED) is 0.803. The van der Waals surface area contributed by atoms with E-state index in [0.29, 0.717) is 0 Å². The third-order valence-electron chi connectivity index (χ3n) is 1.93. The van der Waals surface area contributed by atoms with Crippen LogP contribution in [0.1, 0.15) is 6.42 Å². The maximum atomic E-state index is 5.21. The molecular weight excluding hydrogens is 190 g/mol. The predicted molar refractivity (Wildman–Crippen MR) is 62.3 cm³/mol. The average molecular weight is 206 g/mol. The lowest BCUT2D eigenvalue weighted by Gasteiger charge is -2.09. The summed E-state index contributed by atoms with van der Waals surface area (Å²) in [7, 11) is 3.27. The number of allylic oxidation sites excluding steroid dienone is 1. The van der Waals surface area contributed by atoms with Crippen molar-refractivity contribution in [2.75, 3.05) is 19.5 Å². The van der Waals surface area contributed by atoms with Crippen molar-refractivity contribution in [3.63, 3.8) is 0 Å². The summed E-state index contributed by atoms with van der Waals surface area (Å²) in [5.74, 6) is 1.57. The van der Waals surface area contributed by atoms with Crippen molar-refractivity contribution in [3.8, 4) is 11.5 Å². The number of rotatable bonds is 5. The fourth-order valence-corrected chi connectivity index (χ4v) is 1.16. The van der Waals surface area contributed by atoms with E-state index in [9.17, 15) is 0 Å². The largest absolute Gasteiger partial charge is 0.497 e. The summed E-state index contributed by atoms with van der Waals surface area (Å²) in [6.07, 6.45) is 4.52. The van der Waals surface area contributed by atoms with Crippen molar-refractivity contribution in [1.29, 1.82) is 0 Å². The topological polar surface area (TPSA) is 30.5 Å². The van der Waals surface area contributed by atoms with E-state index in [-0.39, 0.29) is 0 Å². The molecule has 15 heavy (non-hydrogen) atoms. The van der Waals surface area contributed by atoms with E-state index in [2.05, 4.69) is 12.2 Å². The van der Waals surface area contributed by atoms with Gasteiger partial charge in [-0.05, 0) is 31.7 Å². The van der Waals surface area contributed by atoms with E-state index < -0.39 is 0 Å². The van der Waals surface area contributed by atoms with E-state index in [1.807, 2.05) is 30.5 Å². The highest BCUT2D eigenvalue weighted by Gasteiger charge is 2.02. The van der Waals surface area contributed by atoms with Crippen LogP contribution in [-0.4, -0.2) is 14.2 Å². The first-order valence-electron chi connectivity index (χ1n) is 4.74. The molecule has 1 N–H and O–H groups in total. The van der Waals surface area contributed by atoms with Crippen LogP contribution < -0.4 is 14.8 Å². The molecule has 3 nitrogen and oxygen atoms in total. The highest BCUT2D eigenvalue weighted by molar-refractivity contribution is 5.61. The lowest BCUT2D eigenvalue weighted by atomic mass is 10.2. The first kappa shape index (κ1) is 11.4. The molecule has 1 aromatic carbocycles. The van der Waals surface area contributed by atoms with Crippen LogP contribution in [0.15, 0.2) is 30.5 Å². The minimum atomic E-state index is 0.749. The number of nitrogens with one attached hydrogen (secondary N) is 1. The number of hydrogen-bond acceptors (Lipinski definition) is 3. The Balaban J connectivity index is 2.85. The van der Waals surface area contributed by atoms with Crippen LogP contribution in [0.5, 0.6) is 11.5 Å². The molecule has 1 rings (SSSR count). The molecule has 0 bridgehead atoms. The summed E-state index contributed by atoms with van der Waals surface area (Å²) in [5.41, 5.74) is 0.876. The van der Waals surface area contributed by atoms with E-state index >= 15 is 0 Å². The van der Waals surface area contributed by atoms with Crippen LogP contribution in [0, 0.1) is 6.92 Å². The molecule has 81 valence electrons. The maximum absolute atomic E-state index is 5.21. The molecule has 0 aliphatic carbocycles. The Bertz CT molecular complexity index is 334. The van der Waals surface area contributed by atoms with Gasteiger partial charge in [-0.3, -0.25) is 0 Å². The molecule has 0 unspecified atom stereocenters. The van der Waals surface area contributed by atoms with E-state index in [0.717, 1.165) is 23.6 Å². The van der Waals surface area contributed by atoms with Gasteiger partial charge in [-0.1, -0.05) is 6.08 Å². The summed E-state index contributed by atoms with van der Waals surface area (Å²) in [6.45, 7) is 3.71. The van der Waals surface area contributed by atoms with Crippen molar-refractivity contribution >= 4 is 5.69 Å². The Morgan fingerprint density at radius 3 is 2.73 bits per heavy atom. The summed E-state index contributed by atoms with van der Waals surface area (Å²) < 4.78 is 10.3. The first-order valence-corrected chi connectivity index (χ1v) is 4.74. The highest BCUT2D eigenvalue weighted by atomic mass is 16.5. The van der Waals surface area contributed by atoms with Gasteiger partial charge in [-0.25, -0.2) is 0 Å². The molecule has 0 saturated heterocycles. The molecule has 0 aliphatic heterocycles. The number of anilines is 1. The smallest absolute Gasteiger partial charge is 0.142 e. The Labute approximate surface area is 90.7 Å². The van der Waals surface area contributed by atoms with E-state index in [1.165, 1.54) is 0 Å². The van der Waals surface area contributed by atoms with Crippen LogP contribution in [0.25, 0.3) is 0 Å². The van der Waals surface area contributed by atoms with Crippen LogP contribution in [0.2, 0.25) is 0 Å². The fraction of sp³-hybridized carbons (Fsp3) is 0.250. The van der Waals surface area contributed by atoms with E-state index in [4.69, 9.17) is 9.47 Å². The van der Waals surface area contributed by atoms with Crippen molar-refractivity contribution in [1.82, 2.24) is 0 Å². The lowest BCUT2D eigenvalue weighted by Crippen LogP contribution is -1.94. The summed E-state index contributed by atoms with van der Waals surface area (Å²) >= 11 is 0. The van der Waals surface area contributed by atoms with Crippen molar-refractivity contribution < 1.29 is 9.47 Å². The summed E-state index contributed by atoms with van der Waals surface area (Å²) in [6, 6.07) is 5.60. The van der Waals surface area contributed by atoms with Crippen LogP contribution >= 0.6 is 0 Å². The summed E-state index contributed by atoms with van der Waals surface area (Å²) in [5, 5.41) is 3.11. The van der Waals surface area contributed by atoms with Gasteiger partial charge in [0.1, 0.15) is 11.5 Å². The minimum absolute atomic E-state index is 0.749. The molecule has 3 heteroatoms. The Kier molecular flexibility index (Phi) is 4.54. The number of ether oxygens (including phenoxy) is 2. The van der Waals surface area contributed by atoms with Crippen molar-refractivity contribution in [3.05, 3.63) is 37.4 Å². The molecule has 1 aromatic rings. The Morgan fingerprint density at radius 2 is 2.13 bits per heavy atom. The predicted octanol–water partition coefficient (Wildman–Crippen LogP) is 2.85. The molecule has 0 heterocycles. The second kappa shape index (κ2) is 5.96. The number of hydrogen-bond donors (Lipinski definition) is 1. The van der Waals surface area contributed by atoms with Gasteiger partial charge in [0.25, 0.3) is 0 Å². The molecule has 0 spiro atoms. The summed E-state index contributed by atoms with van der Waals surface area (Å²) in [4.78, 5) is 0. The van der Waals surface area contributed by atoms with E-state index in [1.54, 1.807) is 14.2 Å². The first-order chi connectivity index (χ1) is 7.31. The molecule has 0 aromatic heterocycles. The Morgan fingerprint density at radius 1 is 1.33 bits per heavy atom. The molecule has 1 radical (unpaired) electrons. The number of methoxy groups -OCH3 is 2. The molecule has 0 aliphatic rings. The zero-order valence-corrected chi connectivity index (χ0v) is 9.12. The molecule has 0 amide bonds. The van der Waals surface area contributed by atoms with Crippen molar-refractivity contribution in [2.24, 2.45) is 0 Å². The highest BCUT2D eigenvalue weighted by Crippen LogP contribution is 2.28. The van der Waals surface area contributed by atoms with Gasteiger partial charge < -0.3 is 14.8 Å². The third-order valence-corrected chi connectivity index (χ3v) is 1.93. The lowest BCUT2D eigenvalue weighted by molar-refractivity contribution is 0.405. The maximum Gasteiger partial charge on any atom is 0.142 e. The van der Waals surface area contributed by atoms with Crippen LogP contribution in [-0.2, 0) is 0 Å². The van der Waals surface area contributed by atoms with Gasteiger partial charge in [0.2, 0.25) is 0 Å². The normalized spacial score (nSPS) is 10.3. The van der Waals surface area contributed by atoms with Crippen LogP contribution in [0.3, 0.4) is 0 Å². The monoisotopic (exact) mass is 206 g/mol. The SMILES string of the molecule is [CH2]C/C=C/Nc1cc(OC)ccc1OC. The molecule has 0 atom stereocenters. The molecular formula is C12H16NO2. The van der Waals surface area contributed by atoms with Gasteiger partial charge in [0.05, 0.1) is 19.9 Å².